The highest BCUT2D eigenvalue weighted by Gasteiger charge is 2.35. The molecule has 0 saturated heterocycles. The zero-order valence-electron chi connectivity index (χ0n) is 24.6. The lowest BCUT2D eigenvalue weighted by Crippen LogP contribution is -2.40. The predicted molar refractivity (Wildman–Crippen MR) is 178 cm³/mol. The molecule has 0 radical (unpaired) electrons. The van der Waals surface area contributed by atoms with E-state index in [4.69, 9.17) is 29.0 Å². The number of methoxy groups -OCH3 is 1. The number of halogens is 1. The molecule has 0 saturated carbocycles. The van der Waals surface area contributed by atoms with Crippen LogP contribution in [0.3, 0.4) is 0 Å². The molecule has 1 N–H and O–H groups in total. The summed E-state index contributed by atoms with van der Waals surface area (Å²) in [4.78, 5) is 44.2. The molecule has 1 aromatic heterocycles. The van der Waals surface area contributed by atoms with E-state index in [0.717, 1.165) is 0 Å². The number of hydrogen-bond donors (Lipinski definition) is 1. The Morgan fingerprint density at radius 1 is 1.04 bits per heavy atom. The van der Waals surface area contributed by atoms with Crippen molar-refractivity contribution in [1.29, 1.82) is 0 Å². The van der Waals surface area contributed by atoms with Gasteiger partial charge in [-0.3, -0.25) is 9.36 Å². The Bertz CT molecular complexity index is 1950. The normalized spacial score (nSPS) is 14.4. The fourth-order valence-electron chi connectivity index (χ4n) is 4.92. The molecule has 1 atom stereocenters. The molecule has 0 fully saturated rings. The number of aliphatic carboxylic acids is 1. The van der Waals surface area contributed by atoms with Gasteiger partial charge in [0.05, 0.1) is 45.7 Å². The number of fused-ring (bicyclic) bond motifs is 1. The summed E-state index contributed by atoms with van der Waals surface area (Å²) in [6.07, 6.45) is 1.71. The number of benzene rings is 3. The average molecular weight is 741 g/mol. The number of hydrogen-bond acceptors (Lipinski definition) is 9. The molecule has 3 aromatic carbocycles. The number of carbonyl (C=O) groups is 2. The van der Waals surface area contributed by atoms with E-state index in [-0.39, 0.29) is 17.7 Å². The molecule has 10 nitrogen and oxygen atoms in total. The minimum Gasteiger partial charge on any atom is -0.494 e. The molecule has 0 amide bonds. The summed E-state index contributed by atoms with van der Waals surface area (Å²) >= 11 is 3.23. The van der Waals surface area contributed by atoms with Crippen LogP contribution >= 0.6 is 33.9 Å². The van der Waals surface area contributed by atoms with E-state index < -0.39 is 24.6 Å². The first-order valence-corrected chi connectivity index (χ1v) is 15.9. The van der Waals surface area contributed by atoms with Crippen molar-refractivity contribution < 1.29 is 33.6 Å². The van der Waals surface area contributed by atoms with Crippen molar-refractivity contribution >= 4 is 57.6 Å². The lowest BCUT2D eigenvalue weighted by atomic mass is 9.93. The summed E-state index contributed by atoms with van der Waals surface area (Å²) in [7, 11) is 1.45. The van der Waals surface area contributed by atoms with Gasteiger partial charge in [0, 0.05) is 5.56 Å². The Kier molecular flexibility index (Phi) is 10.0. The van der Waals surface area contributed by atoms with Crippen molar-refractivity contribution in [3.05, 3.63) is 112 Å². The van der Waals surface area contributed by atoms with Crippen molar-refractivity contribution in [3.63, 3.8) is 0 Å². The van der Waals surface area contributed by atoms with Crippen LogP contribution in [-0.4, -0.2) is 48.5 Å². The molecule has 4 aromatic rings. The second-order valence-corrected chi connectivity index (χ2v) is 11.8. The van der Waals surface area contributed by atoms with E-state index in [0.29, 0.717) is 59.1 Å². The SMILES string of the molecule is CCOC(=O)C1=C(c2ccccc2)N=c2s/c(=C\c3cc(I)c(OCC(=O)O)c(OC)c3)c(=O)n2[C@H]1c1ccc(OCC)cc1. The van der Waals surface area contributed by atoms with Gasteiger partial charge in [-0.15, -0.1) is 0 Å². The molecule has 0 aliphatic carbocycles. The van der Waals surface area contributed by atoms with Crippen LogP contribution < -0.4 is 29.1 Å². The van der Waals surface area contributed by atoms with Gasteiger partial charge in [0.15, 0.2) is 22.9 Å². The van der Waals surface area contributed by atoms with Crippen molar-refractivity contribution in [2.45, 2.75) is 19.9 Å². The number of nitrogens with zero attached hydrogens (tertiary/aromatic N) is 2. The van der Waals surface area contributed by atoms with Crippen LogP contribution in [0.1, 0.15) is 36.6 Å². The summed E-state index contributed by atoms with van der Waals surface area (Å²) in [6, 6.07) is 19.2. The Morgan fingerprint density at radius 2 is 1.78 bits per heavy atom. The maximum Gasteiger partial charge on any atom is 0.341 e. The number of ether oxygens (including phenoxy) is 4. The van der Waals surface area contributed by atoms with E-state index in [1.54, 1.807) is 25.1 Å². The van der Waals surface area contributed by atoms with Crippen LogP contribution in [0.4, 0.5) is 0 Å². The quantitative estimate of drug-likeness (QED) is 0.177. The lowest BCUT2D eigenvalue weighted by molar-refractivity contribution is -0.140. The van der Waals surface area contributed by atoms with Crippen LogP contribution in [0.25, 0.3) is 11.8 Å². The van der Waals surface area contributed by atoms with Crippen LogP contribution in [-0.2, 0) is 14.3 Å². The Hall–Kier alpha value is -4.43. The van der Waals surface area contributed by atoms with Crippen molar-refractivity contribution in [1.82, 2.24) is 4.57 Å². The topological polar surface area (TPSA) is 126 Å². The molecule has 0 spiro atoms. The predicted octanol–water partition coefficient (Wildman–Crippen LogP) is 4.41. The number of carboxylic acid groups (broad SMARTS) is 1. The summed E-state index contributed by atoms with van der Waals surface area (Å²) in [6.45, 7) is 3.75. The molecular formula is C33H29IN2O8S. The molecule has 2 heterocycles. The van der Waals surface area contributed by atoms with Crippen molar-refractivity contribution in [2.75, 3.05) is 26.9 Å². The van der Waals surface area contributed by atoms with Gasteiger partial charge >= 0.3 is 11.9 Å². The third kappa shape index (κ3) is 6.81. The van der Waals surface area contributed by atoms with Crippen LogP contribution in [0, 0.1) is 3.57 Å². The number of thiazole rings is 1. The van der Waals surface area contributed by atoms with Gasteiger partial charge in [-0.2, -0.15) is 0 Å². The van der Waals surface area contributed by atoms with E-state index >= 15 is 0 Å². The zero-order valence-corrected chi connectivity index (χ0v) is 27.6. The van der Waals surface area contributed by atoms with Gasteiger partial charge < -0.3 is 24.1 Å². The average Bonchev–Trinajstić information content (AvgIpc) is 3.34. The monoisotopic (exact) mass is 740 g/mol. The number of rotatable bonds is 11. The maximum absolute atomic E-state index is 14.2. The minimum absolute atomic E-state index is 0.150. The maximum atomic E-state index is 14.2. The molecule has 5 rings (SSSR count). The molecule has 12 heteroatoms. The molecule has 1 aliphatic heterocycles. The van der Waals surface area contributed by atoms with E-state index in [2.05, 4.69) is 0 Å². The van der Waals surface area contributed by atoms with Gasteiger partial charge in [0.2, 0.25) is 0 Å². The fourth-order valence-corrected chi connectivity index (χ4v) is 6.70. The highest BCUT2D eigenvalue weighted by Crippen LogP contribution is 2.36. The third-order valence-electron chi connectivity index (χ3n) is 6.77. The largest absolute Gasteiger partial charge is 0.494 e. The number of esters is 1. The first-order chi connectivity index (χ1) is 21.7. The summed E-state index contributed by atoms with van der Waals surface area (Å²) < 4.78 is 24.6. The lowest BCUT2D eigenvalue weighted by Gasteiger charge is -2.26. The molecule has 45 heavy (non-hydrogen) atoms. The molecular weight excluding hydrogens is 711 g/mol. The van der Waals surface area contributed by atoms with Crippen molar-refractivity contribution in [3.8, 4) is 17.2 Å². The second kappa shape index (κ2) is 14.1. The Labute approximate surface area is 276 Å². The number of carbonyl (C=O) groups excluding carboxylic acids is 1. The first-order valence-electron chi connectivity index (χ1n) is 14.0. The highest BCUT2D eigenvalue weighted by molar-refractivity contribution is 14.1. The van der Waals surface area contributed by atoms with Gasteiger partial charge in [0.25, 0.3) is 5.56 Å². The third-order valence-corrected chi connectivity index (χ3v) is 8.55. The summed E-state index contributed by atoms with van der Waals surface area (Å²) in [5.41, 5.74) is 2.37. The van der Waals surface area contributed by atoms with Gasteiger partial charge in [-0.25, -0.2) is 14.6 Å². The van der Waals surface area contributed by atoms with E-state index in [1.165, 1.54) is 23.0 Å². The van der Waals surface area contributed by atoms with Gasteiger partial charge in [0.1, 0.15) is 5.75 Å². The highest BCUT2D eigenvalue weighted by atomic mass is 127. The molecule has 1 aliphatic rings. The fraction of sp³-hybridized carbons (Fsp3) is 0.212. The first kappa shape index (κ1) is 32.0. The summed E-state index contributed by atoms with van der Waals surface area (Å²) in [5.74, 6) is -0.397. The molecule has 0 bridgehead atoms. The second-order valence-electron chi connectivity index (χ2n) is 9.65. The van der Waals surface area contributed by atoms with Gasteiger partial charge in [-0.05, 0) is 77.9 Å². The van der Waals surface area contributed by atoms with Crippen LogP contribution in [0.2, 0.25) is 0 Å². The Balaban J connectivity index is 1.74. The number of aromatic nitrogens is 1. The van der Waals surface area contributed by atoms with E-state index in [9.17, 15) is 14.4 Å². The van der Waals surface area contributed by atoms with Gasteiger partial charge in [-0.1, -0.05) is 53.8 Å². The minimum atomic E-state index is -1.11. The van der Waals surface area contributed by atoms with Crippen LogP contribution in [0.15, 0.2) is 82.1 Å². The zero-order chi connectivity index (χ0) is 32.1. The van der Waals surface area contributed by atoms with Crippen LogP contribution in [0.5, 0.6) is 17.2 Å². The molecule has 232 valence electrons. The summed E-state index contributed by atoms with van der Waals surface area (Å²) in [5, 5.41) is 9.05. The number of carboxylic acids is 1. The standard InChI is InChI=1S/C33H29IN2O8S/c1-4-42-22-13-11-21(12-14-22)29-27(32(40)43-5-2)28(20-9-7-6-8-10-20)35-33-36(29)31(39)25(45-33)17-19-15-23(34)30(24(16-19)41-3)44-18-26(37)38/h6-17,29H,4-5,18H2,1-3H3,(H,37,38)/b25-17-/t29-/m0/s1. The van der Waals surface area contributed by atoms with E-state index in [1.807, 2.05) is 84.1 Å². The smallest absolute Gasteiger partial charge is 0.341 e. The van der Waals surface area contributed by atoms with Crippen molar-refractivity contribution in [2.24, 2.45) is 4.99 Å². The molecule has 0 unspecified atom stereocenters. The Morgan fingerprint density at radius 3 is 2.42 bits per heavy atom.